The van der Waals surface area contributed by atoms with Crippen LogP contribution in [0.4, 0.5) is 10.5 Å². The summed E-state index contributed by atoms with van der Waals surface area (Å²) >= 11 is 9.16. The van der Waals surface area contributed by atoms with Gasteiger partial charge in [-0.05, 0) is 64.0 Å². The molecular formula is C20H15BrClN3O6. The molecule has 3 rings (SSSR count). The number of carbonyl (C=O) groups is 4. The van der Waals surface area contributed by atoms with Crippen LogP contribution in [0.25, 0.3) is 6.08 Å². The number of imide groups is 2. The number of hydrogen-bond donors (Lipinski definition) is 2. The number of nitrogens with zero attached hydrogens (tertiary/aromatic N) is 1. The fourth-order valence-electron chi connectivity index (χ4n) is 2.76. The first kappa shape index (κ1) is 22.3. The maximum Gasteiger partial charge on any atom is 0.335 e. The molecule has 1 heterocycles. The highest BCUT2D eigenvalue weighted by Gasteiger charge is 2.36. The van der Waals surface area contributed by atoms with E-state index in [1.165, 1.54) is 43.5 Å². The van der Waals surface area contributed by atoms with Crippen LogP contribution in [0.1, 0.15) is 5.56 Å². The predicted octanol–water partition coefficient (Wildman–Crippen LogP) is 2.64. The molecule has 2 aromatic carbocycles. The van der Waals surface area contributed by atoms with Gasteiger partial charge in [-0.3, -0.25) is 19.7 Å². The van der Waals surface area contributed by atoms with E-state index in [4.69, 9.17) is 26.8 Å². The maximum atomic E-state index is 12.9. The first-order valence-corrected chi connectivity index (χ1v) is 9.84. The van der Waals surface area contributed by atoms with E-state index in [1.807, 2.05) is 0 Å². The minimum absolute atomic E-state index is 0.223. The van der Waals surface area contributed by atoms with E-state index >= 15 is 0 Å². The van der Waals surface area contributed by atoms with Crippen LogP contribution in [0.5, 0.6) is 11.5 Å². The quantitative estimate of drug-likeness (QED) is 0.456. The van der Waals surface area contributed by atoms with Gasteiger partial charge in [-0.1, -0.05) is 11.6 Å². The zero-order valence-corrected chi connectivity index (χ0v) is 18.3. The summed E-state index contributed by atoms with van der Waals surface area (Å²) in [4.78, 5) is 49.4. The SMILES string of the molecule is COc1cc(/C=C2\C(=O)NC(=O)N(c3ccc(Cl)cc3)C2=O)cc(Br)c1OCC(N)=O. The minimum Gasteiger partial charge on any atom is -0.493 e. The van der Waals surface area contributed by atoms with Crippen molar-refractivity contribution in [2.75, 3.05) is 18.6 Å². The van der Waals surface area contributed by atoms with Crippen LogP contribution in [-0.2, 0) is 14.4 Å². The summed E-state index contributed by atoms with van der Waals surface area (Å²) in [6.45, 7) is -0.367. The Morgan fingerprint density at radius 3 is 2.52 bits per heavy atom. The van der Waals surface area contributed by atoms with Gasteiger partial charge in [0.1, 0.15) is 5.57 Å². The number of ether oxygens (including phenoxy) is 2. The Balaban J connectivity index is 1.99. The van der Waals surface area contributed by atoms with Crippen LogP contribution in [0.15, 0.2) is 46.4 Å². The molecule has 3 N–H and O–H groups in total. The second-order valence-electron chi connectivity index (χ2n) is 6.22. The molecular weight excluding hydrogens is 494 g/mol. The second kappa shape index (κ2) is 9.19. The topological polar surface area (TPSA) is 128 Å². The van der Waals surface area contributed by atoms with Crippen LogP contribution in [0.2, 0.25) is 5.02 Å². The van der Waals surface area contributed by atoms with E-state index < -0.39 is 23.8 Å². The van der Waals surface area contributed by atoms with Crippen LogP contribution in [-0.4, -0.2) is 37.5 Å². The number of rotatable bonds is 6. The van der Waals surface area contributed by atoms with Gasteiger partial charge in [0.25, 0.3) is 17.7 Å². The lowest BCUT2D eigenvalue weighted by Crippen LogP contribution is -2.54. The molecule has 2 aromatic rings. The van der Waals surface area contributed by atoms with Gasteiger partial charge in [-0.25, -0.2) is 9.69 Å². The molecule has 0 aromatic heterocycles. The predicted molar refractivity (Wildman–Crippen MR) is 116 cm³/mol. The fraction of sp³-hybridized carbons (Fsp3) is 0.100. The first-order chi connectivity index (χ1) is 14.7. The molecule has 0 unspecified atom stereocenters. The number of benzene rings is 2. The number of hydrogen-bond acceptors (Lipinski definition) is 6. The Hall–Kier alpha value is -3.37. The van der Waals surface area contributed by atoms with Gasteiger partial charge in [0.2, 0.25) is 0 Å². The molecule has 1 aliphatic heterocycles. The molecule has 0 atom stereocenters. The Labute approximate surface area is 189 Å². The highest BCUT2D eigenvalue weighted by Crippen LogP contribution is 2.37. The second-order valence-corrected chi connectivity index (χ2v) is 7.51. The monoisotopic (exact) mass is 507 g/mol. The highest BCUT2D eigenvalue weighted by atomic mass is 79.9. The number of primary amides is 1. The van der Waals surface area contributed by atoms with Crippen molar-refractivity contribution in [1.29, 1.82) is 0 Å². The van der Waals surface area contributed by atoms with E-state index in [0.717, 1.165) is 4.90 Å². The van der Waals surface area contributed by atoms with E-state index in [1.54, 1.807) is 6.07 Å². The largest absolute Gasteiger partial charge is 0.493 e. The Kier molecular flexibility index (Phi) is 6.62. The van der Waals surface area contributed by atoms with Crippen molar-refractivity contribution in [2.24, 2.45) is 5.73 Å². The summed E-state index contributed by atoms with van der Waals surface area (Å²) in [5, 5.41) is 2.56. The number of methoxy groups -OCH3 is 1. The normalized spacial score (nSPS) is 15.1. The highest BCUT2D eigenvalue weighted by molar-refractivity contribution is 9.10. The number of barbiturate groups is 1. The number of carbonyl (C=O) groups excluding carboxylic acids is 4. The van der Waals surface area contributed by atoms with Gasteiger partial charge in [-0.15, -0.1) is 0 Å². The molecule has 1 saturated heterocycles. The van der Waals surface area contributed by atoms with Crippen molar-refractivity contribution < 1.29 is 28.7 Å². The van der Waals surface area contributed by atoms with Crippen LogP contribution < -0.4 is 25.4 Å². The summed E-state index contributed by atoms with van der Waals surface area (Å²) < 4.78 is 11.0. The van der Waals surface area contributed by atoms with Gasteiger partial charge in [0, 0.05) is 5.02 Å². The number of nitrogens with one attached hydrogen (secondary N) is 1. The van der Waals surface area contributed by atoms with Crippen LogP contribution >= 0.6 is 27.5 Å². The molecule has 0 aliphatic carbocycles. The number of amides is 5. The molecule has 11 heteroatoms. The Bertz CT molecular complexity index is 1120. The third-order valence-electron chi connectivity index (χ3n) is 4.11. The molecule has 0 radical (unpaired) electrons. The average molecular weight is 509 g/mol. The fourth-order valence-corrected chi connectivity index (χ4v) is 3.46. The lowest BCUT2D eigenvalue weighted by Gasteiger charge is -2.26. The molecule has 160 valence electrons. The van der Waals surface area contributed by atoms with E-state index in [-0.39, 0.29) is 29.4 Å². The molecule has 9 nitrogen and oxygen atoms in total. The van der Waals surface area contributed by atoms with Gasteiger partial charge in [-0.2, -0.15) is 0 Å². The third-order valence-corrected chi connectivity index (χ3v) is 4.95. The molecule has 1 fully saturated rings. The zero-order chi connectivity index (χ0) is 22.7. The third kappa shape index (κ3) is 4.86. The maximum absolute atomic E-state index is 12.9. The number of nitrogens with two attached hydrogens (primary N) is 1. The van der Waals surface area contributed by atoms with E-state index in [2.05, 4.69) is 21.2 Å². The number of anilines is 1. The zero-order valence-electron chi connectivity index (χ0n) is 16.0. The smallest absolute Gasteiger partial charge is 0.335 e. The summed E-state index contributed by atoms with van der Waals surface area (Å²) in [6.07, 6.45) is 1.30. The summed E-state index contributed by atoms with van der Waals surface area (Å²) in [7, 11) is 1.38. The molecule has 0 bridgehead atoms. The molecule has 31 heavy (non-hydrogen) atoms. The Morgan fingerprint density at radius 2 is 1.90 bits per heavy atom. The van der Waals surface area contributed by atoms with Gasteiger partial charge >= 0.3 is 6.03 Å². The lowest BCUT2D eigenvalue weighted by atomic mass is 10.1. The standard InChI is InChI=1S/C20H15BrClN3O6/c1-30-15-8-10(7-14(21)17(15)31-9-16(23)26)6-13-18(27)24-20(29)25(19(13)28)12-4-2-11(22)3-5-12/h2-8H,9H2,1H3,(H2,23,26)(H,24,27,29)/b13-6+. The van der Waals surface area contributed by atoms with Crippen molar-refractivity contribution in [3.8, 4) is 11.5 Å². The van der Waals surface area contributed by atoms with Gasteiger partial charge < -0.3 is 15.2 Å². The van der Waals surface area contributed by atoms with Crippen molar-refractivity contribution >= 4 is 63.0 Å². The number of halogens is 2. The Morgan fingerprint density at radius 1 is 1.23 bits per heavy atom. The van der Waals surface area contributed by atoms with Gasteiger partial charge in [0.05, 0.1) is 17.3 Å². The van der Waals surface area contributed by atoms with E-state index in [0.29, 0.717) is 15.1 Å². The lowest BCUT2D eigenvalue weighted by molar-refractivity contribution is -0.123. The molecule has 0 saturated carbocycles. The van der Waals surface area contributed by atoms with E-state index in [9.17, 15) is 19.2 Å². The summed E-state index contributed by atoms with van der Waals surface area (Å²) in [5.74, 6) is -1.86. The van der Waals surface area contributed by atoms with Gasteiger partial charge in [0.15, 0.2) is 18.1 Å². The number of urea groups is 1. The van der Waals surface area contributed by atoms with Crippen molar-refractivity contribution in [1.82, 2.24) is 5.32 Å². The molecule has 1 aliphatic rings. The van der Waals surface area contributed by atoms with Crippen LogP contribution in [0, 0.1) is 0 Å². The van der Waals surface area contributed by atoms with Crippen molar-refractivity contribution in [3.63, 3.8) is 0 Å². The van der Waals surface area contributed by atoms with Crippen molar-refractivity contribution in [3.05, 3.63) is 57.0 Å². The minimum atomic E-state index is -0.872. The first-order valence-electron chi connectivity index (χ1n) is 8.67. The summed E-state index contributed by atoms with van der Waals surface area (Å²) in [5.41, 5.74) is 5.48. The molecule has 5 amide bonds. The van der Waals surface area contributed by atoms with Crippen LogP contribution in [0.3, 0.4) is 0 Å². The summed E-state index contributed by atoms with van der Waals surface area (Å²) in [6, 6.07) is 8.18. The molecule has 0 spiro atoms. The van der Waals surface area contributed by atoms with Crippen molar-refractivity contribution in [2.45, 2.75) is 0 Å². The average Bonchev–Trinajstić information content (AvgIpc) is 2.71.